The van der Waals surface area contributed by atoms with Gasteiger partial charge in [-0.15, -0.1) is 11.3 Å². The van der Waals surface area contributed by atoms with E-state index < -0.39 is 0 Å². The summed E-state index contributed by atoms with van der Waals surface area (Å²) in [4.78, 5) is 19.6. The first-order chi connectivity index (χ1) is 11.7. The minimum absolute atomic E-state index is 0.0729. The number of aryl methyl sites for hydroxylation is 1. The molecule has 4 rings (SSSR count). The van der Waals surface area contributed by atoms with Gasteiger partial charge in [-0.05, 0) is 42.9 Å². The van der Waals surface area contributed by atoms with E-state index in [-0.39, 0.29) is 5.56 Å². The van der Waals surface area contributed by atoms with Crippen LogP contribution in [0.2, 0.25) is 0 Å². The molecule has 3 aromatic rings. The second kappa shape index (κ2) is 6.40. The van der Waals surface area contributed by atoms with Gasteiger partial charge in [-0.1, -0.05) is 25.1 Å². The number of hydrogen-bond donors (Lipinski definition) is 0. The molecule has 1 aliphatic carbocycles. The highest BCUT2D eigenvalue weighted by Gasteiger charge is 2.23. The molecule has 0 aliphatic heterocycles. The van der Waals surface area contributed by atoms with Gasteiger partial charge in [0.15, 0.2) is 0 Å². The molecule has 0 amide bonds. The van der Waals surface area contributed by atoms with E-state index in [4.69, 9.17) is 4.74 Å². The van der Waals surface area contributed by atoms with Gasteiger partial charge in [0, 0.05) is 4.88 Å². The van der Waals surface area contributed by atoms with Crippen LogP contribution >= 0.6 is 11.3 Å². The molecule has 0 saturated carbocycles. The van der Waals surface area contributed by atoms with Crippen molar-refractivity contribution in [1.29, 1.82) is 0 Å². The average molecular weight is 340 g/mol. The number of nitrogens with zero attached hydrogens (tertiary/aromatic N) is 2. The van der Waals surface area contributed by atoms with Gasteiger partial charge in [0.1, 0.15) is 17.2 Å². The number of fused-ring (bicyclic) bond motifs is 3. The van der Waals surface area contributed by atoms with E-state index in [0.29, 0.717) is 19.1 Å². The Bertz CT molecular complexity index is 914. The quantitative estimate of drug-likeness (QED) is 0.728. The van der Waals surface area contributed by atoms with Gasteiger partial charge >= 0.3 is 0 Å². The van der Waals surface area contributed by atoms with Crippen molar-refractivity contribution in [3.05, 3.63) is 57.5 Å². The van der Waals surface area contributed by atoms with Crippen LogP contribution in [0, 0.1) is 5.92 Å². The monoisotopic (exact) mass is 340 g/mol. The SMILES string of the molecule is C[C@@H]1CCc2c(sc3ncn(CCOc4ccccc4)c(=O)c23)C1. The summed E-state index contributed by atoms with van der Waals surface area (Å²) in [6, 6.07) is 9.67. The maximum atomic E-state index is 12.9. The molecular formula is C19H20N2O2S. The highest BCUT2D eigenvalue weighted by atomic mass is 32.1. The third-order valence-corrected chi connectivity index (χ3v) is 5.79. The van der Waals surface area contributed by atoms with Crippen molar-refractivity contribution in [2.24, 2.45) is 5.92 Å². The lowest BCUT2D eigenvalue weighted by Crippen LogP contribution is -2.24. The summed E-state index contributed by atoms with van der Waals surface area (Å²) in [5, 5.41) is 0.837. The molecule has 0 bridgehead atoms. The molecule has 0 fully saturated rings. The van der Waals surface area contributed by atoms with Gasteiger partial charge in [-0.2, -0.15) is 0 Å². The number of benzene rings is 1. The van der Waals surface area contributed by atoms with E-state index in [9.17, 15) is 4.79 Å². The first kappa shape index (κ1) is 15.4. The highest BCUT2D eigenvalue weighted by Crippen LogP contribution is 2.35. The van der Waals surface area contributed by atoms with Gasteiger partial charge in [-0.25, -0.2) is 4.98 Å². The number of hydrogen-bond acceptors (Lipinski definition) is 4. The van der Waals surface area contributed by atoms with Crippen molar-refractivity contribution < 1.29 is 4.74 Å². The van der Waals surface area contributed by atoms with E-state index in [2.05, 4.69) is 11.9 Å². The summed E-state index contributed by atoms with van der Waals surface area (Å²) in [7, 11) is 0. The Morgan fingerprint density at radius 1 is 1.33 bits per heavy atom. The molecule has 0 saturated heterocycles. The summed E-state index contributed by atoms with van der Waals surface area (Å²) in [6.45, 7) is 3.25. The van der Waals surface area contributed by atoms with Crippen LogP contribution in [0.25, 0.3) is 10.2 Å². The Morgan fingerprint density at radius 2 is 2.17 bits per heavy atom. The Morgan fingerprint density at radius 3 is 3.00 bits per heavy atom. The van der Waals surface area contributed by atoms with Crippen LogP contribution in [0.4, 0.5) is 0 Å². The van der Waals surface area contributed by atoms with Crippen LogP contribution in [0.1, 0.15) is 23.8 Å². The second-order valence-electron chi connectivity index (χ2n) is 6.44. The predicted octanol–water partition coefficient (Wildman–Crippen LogP) is 3.66. The normalized spacial score (nSPS) is 17.0. The molecule has 0 radical (unpaired) electrons. The molecule has 2 heterocycles. The smallest absolute Gasteiger partial charge is 0.262 e. The molecule has 0 unspecified atom stereocenters. The van der Waals surface area contributed by atoms with Crippen molar-refractivity contribution in [3.8, 4) is 5.75 Å². The topological polar surface area (TPSA) is 44.1 Å². The van der Waals surface area contributed by atoms with Crippen molar-refractivity contribution in [3.63, 3.8) is 0 Å². The molecule has 1 atom stereocenters. The molecule has 2 aromatic heterocycles. The number of thiophene rings is 1. The third kappa shape index (κ3) is 2.84. The van der Waals surface area contributed by atoms with E-state index in [1.54, 1.807) is 22.2 Å². The van der Waals surface area contributed by atoms with E-state index in [1.807, 2.05) is 30.3 Å². The maximum absolute atomic E-state index is 12.9. The molecular weight excluding hydrogens is 320 g/mol. The summed E-state index contributed by atoms with van der Waals surface area (Å²) < 4.78 is 7.38. The zero-order valence-electron chi connectivity index (χ0n) is 13.7. The lowest BCUT2D eigenvalue weighted by atomic mass is 9.89. The van der Waals surface area contributed by atoms with Crippen molar-refractivity contribution >= 4 is 21.6 Å². The first-order valence-electron chi connectivity index (χ1n) is 8.40. The number of ether oxygens (including phenoxy) is 1. The zero-order valence-corrected chi connectivity index (χ0v) is 14.5. The Balaban J connectivity index is 1.58. The molecule has 0 N–H and O–H groups in total. The van der Waals surface area contributed by atoms with Gasteiger partial charge in [0.05, 0.1) is 18.3 Å². The Hall–Kier alpha value is -2.14. The average Bonchev–Trinajstić information content (AvgIpc) is 2.96. The van der Waals surface area contributed by atoms with Crippen molar-refractivity contribution in [2.45, 2.75) is 32.7 Å². The van der Waals surface area contributed by atoms with Crippen LogP contribution in [0.3, 0.4) is 0 Å². The van der Waals surface area contributed by atoms with Crippen LogP contribution in [-0.4, -0.2) is 16.2 Å². The largest absolute Gasteiger partial charge is 0.492 e. The summed E-state index contributed by atoms with van der Waals surface area (Å²) in [5.74, 6) is 1.52. The number of para-hydroxylation sites is 1. The maximum Gasteiger partial charge on any atom is 0.262 e. The highest BCUT2D eigenvalue weighted by molar-refractivity contribution is 7.18. The molecule has 4 nitrogen and oxygen atoms in total. The summed E-state index contributed by atoms with van der Waals surface area (Å²) in [6.07, 6.45) is 4.89. The van der Waals surface area contributed by atoms with Gasteiger partial charge < -0.3 is 4.74 Å². The molecule has 24 heavy (non-hydrogen) atoms. The fraction of sp³-hybridized carbons (Fsp3) is 0.368. The molecule has 1 aliphatic rings. The number of aromatic nitrogens is 2. The van der Waals surface area contributed by atoms with Gasteiger partial charge in [0.25, 0.3) is 5.56 Å². The van der Waals surface area contributed by atoms with Crippen LogP contribution < -0.4 is 10.3 Å². The van der Waals surface area contributed by atoms with Gasteiger partial charge in [0.2, 0.25) is 0 Å². The molecule has 5 heteroatoms. The van der Waals surface area contributed by atoms with Gasteiger partial charge in [-0.3, -0.25) is 9.36 Å². The Kier molecular flexibility index (Phi) is 4.10. The van der Waals surface area contributed by atoms with Crippen molar-refractivity contribution in [2.75, 3.05) is 6.61 Å². The first-order valence-corrected chi connectivity index (χ1v) is 9.21. The zero-order chi connectivity index (χ0) is 16.5. The van der Waals surface area contributed by atoms with Crippen LogP contribution in [0.15, 0.2) is 41.5 Å². The number of rotatable bonds is 4. The predicted molar refractivity (Wildman–Crippen MR) is 97.0 cm³/mol. The van der Waals surface area contributed by atoms with Crippen LogP contribution in [-0.2, 0) is 19.4 Å². The van der Waals surface area contributed by atoms with E-state index in [1.165, 1.54) is 10.4 Å². The van der Waals surface area contributed by atoms with Crippen molar-refractivity contribution in [1.82, 2.24) is 9.55 Å². The fourth-order valence-corrected chi connectivity index (χ4v) is 4.64. The fourth-order valence-electron chi connectivity index (χ4n) is 3.30. The molecule has 1 aromatic carbocycles. The summed E-state index contributed by atoms with van der Waals surface area (Å²) >= 11 is 1.69. The minimum Gasteiger partial charge on any atom is -0.492 e. The Labute approximate surface area is 144 Å². The minimum atomic E-state index is 0.0729. The third-order valence-electron chi connectivity index (χ3n) is 4.63. The molecule has 124 valence electrons. The summed E-state index contributed by atoms with van der Waals surface area (Å²) in [5.41, 5.74) is 1.31. The lowest BCUT2D eigenvalue weighted by molar-refractivity contribution is 0.296. The molecule has 0 spiro atoms. The van der Waals surface area contributed by atoms with E-state index >= 15 is 0 Å². The standard InChI is InChI=1S/C19H20N2O2S/c1-13-7-8-15-16(11-13)24-18-17(15)19(22)21(12-20-18)9-10-23-14-5-3-2-4-6-14/h2-6,12-13H,7-11H2,1H3/t13-/m1/s1. The van der Waals surface area contributed by atoms with Crippen LogP contribution in [0.5, 0.6) is 5.75 Å². The lowest BCUT2D eigenvalue weighted by Gasteiger charge is -2.17. The second-order valence-corrected chi connectivity index (χ2v) is 7.52. The van der Waals surface area contributed by atoms with E-state index in [0.717, 1.165) is 35.2 Å².